The molecule has 0 amide bonds. The molecule has 0 unspecified atom stereocenters. The molecule has 1 fully saturated rings. The van der Waals surface area contributed by atoms with Gasteiger partial charge < -0.3 is 5.32 Å². The van der Waals surface area contributed by atoms with Crippen LogP contribution in [0.1, 0.15) is 61.6 Å². The average molecular weight is 540 g/mol. The Labute approximate surface area is 221 Å². The van der Waals surface area contributed by atoms with E-state index >= 15 is 0 Å². The maximum atomic E-state index is 14.0. The topological polar surface area (TPSA) is 124 Å². The summed E-state index contributed by atoms with van der Waals surface area (Å²) >= 11 is 1.61. The minimum atomic E-state index is -2.80. The summed E-state index contributed by atoms with van der Waals surface area (Å²) in [6.07, 6.45) is 4.12. The predicted octanol–water partition coefficient (Wildman–Crippen LogP) is 4.48. The van der Waals surface area contributed by atoms with Gasteiger partial charge in [-0.15, -0.1) is 11.8 Å². The Morgan fingerprint density at radius 2 is 1.82 bits per heavy atom. The minimum absolute atomic E-state index is 0.0399. The van der Waals surface area contributed by atoms with Crippen molar-refractivity contribution in [1.29, 1.82) is 0 Å². The molecule has 38 heavy (non-hydrogen) atoms. The molecular formula is C25H27F2N9OS. The van der Waals surface area contributed by atoms with Gasteiger partial charge >= 0.3 is 0 Å². The maximum Gasteiger partial charge on any atom is 0.295 e. The maximum absolute atomic E-state index is 14.0. The van der Waals surface area contributed by atoms with E-state index in [1.165, 1.54) is 13.3 Å². The highest BCUT2D eigenvalue weighted by atomic mass is 32.2. The lowest BCUT2D eigenvalue weighted by atomic mass is 10.1. The van der Waals surface area contributed by atoms with Gasteiger partial charge in [0, 0.05) is 23.2 Å². The van der Waals surface area contributed by atoms with Gasteiger partial charge in [-0.05, 0) is 39.4 Å². The van der Waals surface area contributed by atoms with Crippen molar-refractivity contribution in [3.05, 3.63) is 52.0 Å². The first-order valence-corrected chi connectivity index (χ1v) is 13.4. The normalized spacial score (nSPS) is 14.3. The van der Waals surface area contributed by atoms with Crippen LogP contribution in [0.4, 0.5) is 14.6 Å². The third kappa shape index (κ3) is 5.06. The van der Waals surface area contributed by atoms with Gasteiger partial charge in [0.05, 0.1) is 35.2 Å². The van der Waals surface area contributed by atoms with Crippen molar-refractivity contribution in [3.8, 4) is 11.4 Å². The van der Waals surface area contributed by atoms with Crippen LogP contribution in [0.15, 0.2) is 28.4 Å². The van der Waals surface area contributed by atoms with Gasteiger partial charge in [0.15, 0.2) is 17.3 Å². The van der Waals surface area contributed by atoms with Crippen molar-refractivity contribution in [1.82, 2.24) is 39.5 Å². The molecule has 5 rings (SSSR count). The van der Waals surface area contributed by atoms with E-state index in [0.29, 0.717) is 28.6 Å². The monoisotopic (exact) mass is 539 g/mol. The molecule has 1 aliphatic carbocycles. The van der Waals surface area contributed by atoms with Gasteiger partial charge in [-0.25, -0.2) is 43.7 Å². The zero-order valence-corrected chi connectivity index (χ0v) is 22.3. The number of nitrogens with one attached hydrogen (secondary N) is 1. The SMILES string of the molecule is CCSc1cnc(CNc2nc3c(C)nc(-c4c(C)ncnc4C4CC4)nc3n([C@H](C)C(F)F)c2=O)nc1. The van der Waals surface area contributed by atoms with Crippen molar-refractivity contribution < 1.29 is 8.78 Å². The van der Waals surface area contributed by atoms with Crippen LogP contribution in [-0.4, -0.2) is 51.6 Å². The van der Waals surface area contributed by atoms with E-state index in [9.17, 15) is 13.6 Å². The molecule has 4 aromatic heterocycles. The highest BCUT2D eigenvalue weighted by molar-refractivity contribution is 7.99. The first-order chi connectivity index (χ1) is 18.3. The highest BCUT2D eigenvalue weighted by Crippen LogP contribution is 2.43. The van der Waals surface area contributed by atoms with Crippen LogP contribution in [0.2, 0.25) is 0 Å². The average Bonchev–Trinajstić information content (AvgIpc) is 3.74. The van der Waals surface area contributed by atoms with E-state index in [0.717, 1.165) is 33.8 Å². The Morgan fingerprint density at radius 1 is 1.08 bits per heavy atom. The molecule has 13 heteroatoms. The number of thioether (sulfide) groups is 1. The van der Waals surface area contributed by atoms with Crippen LogP contribution in [0.3, 0.4) is 0 Å². The number of fused-ring (bicyclic) bond motifs is 1. The van der Waals surface area contributed by atoms with E-state index in [-0.39, 0.29) is 29.4 Å². The molecule has 1 atom stereocenters. The van der Waals surface area contributed by atoms with Gasteiger partial charge in [-0.2, -0.15) is 0 Å². The summed E-state index contributed by atoms with van der Waals surface area (Å²) in [5.41, 5.74) is 2.22. The summed E-state index contributed by atoms with van der Waals surface area (Å²) in [5.74, 6) is 1.82. The number of aryl methyl sites for hydroxylation is 2. The van der Waals surface area contributed by atoms with Gasteiger partial charge in [0.25, 0.3) is 12.0 Å². The zero-order chi connectivity index (χ0) is 27.0. The lowest BCUT2D eigenvalue weighted by molar-refractivity contribution is 0.0916. The molecule has 0 saturated heterocycles. The summed E-state index contributed by atoms with van der Waals surface area (Å²) < 4.78 is 29.0. The Morgan fingerprint density at radius 3 is 2.47 bits per heavy atom. The summed E-state index contributed by atoms with van der Waals surface area (Å²) in [6.45, 7) is 6.96. The fraction of sp³-hybridized carbons (Fsp3) is 0.440. The number of halogens is 2. The molecule has 1 saturated carbocycles. The second-order valence-electron chi connectivity index (χ2n) is 9.13. The zero-order valence-electron chi connectivity index (χ0n) is 21.4. The van der Waals surface area contributed by atoms with Crippen molar-refractivity contribution in [3.63, 3.8) is 0 Å². The lowest BCUT2D eigenvalue weighted by Crippen LogP contribution is -2.31. The smallest absolute Gasteiger partial charge is 0.295 e. The van der Waals surface area contributed by atoms with Gasteiger partial charge in [0.2, 0.25) is 0 Å². The van der Waals surface area contributed by atoms with Crippen LogP contribution in [-0.2, 0) is 6.54 Å². The van der Waals surface area contributed by atoms with Crippen LogP contribution >= 0.6 is 11.8 Å². The molecule has 1 N–H and O–H groups in total. The predicted molar refractivity (Wildman–Crippen MR) is 141 cm³/mol. The van der Waals surface area contributed by atoms with Crippen molar-refractivity contribution in [2.75, 3.05) is 11.1 Å². The Kier molecular flexibility index (Phi) is 7.28. The fourth-order valence-electron chi connectivity index (χ4n) is 4.21. The van der Waals surface area contributed by atoms with Crippen molar-refractivity contribution in [2.24, 2.45) is 0 Å². The third-order valence-corrected chi connectivity index (χ3v) is 7.18. The van der Waals surface area contributed by atoms with E-state index in [4.69, 9.17) is 0 Å². The molecule has 198 valence electrons. The summed E-state index contributed by atoms with van der Waals surface area (Å²) in [5, 5.41) is 2.93. The lowest BCUT2D eigenvalue weighted by Gasteiger charge is -2.19. The third-order valence-electron chi connectivity index (χ3n) is 6.35. The van der Waals surface area contributed by atoms with Crippen molar-refractivity contribution in [2.45, 2.75) is 70.4 Å². The second-order valence-corrected chi connectivity index (χ2v) is 10.5. The van der Waals surface area contributed by atoms with Crippen LogP contribution in [0.5, 0.6) is 0 Å². The number of alkyl halides is 2. The molecule has 0 aliphatic heterocycles. The fourth-order valence-corrected chi connectivity index (χ4v) is 4.80. The Bertz CT molecular complexity index is 1540. The molecular weight excluding hydrogens is 512 g/mol. The van der Waals surface area contributed by atoms with E-state index in [2.05, 4.69) is 40.2 Å². The highest BCUT2D eigenvalue weighted by Gasteiger charge is 2.31. The second kappa shape index (κ2) is 10.6. The molecule has 0 radical (unpaired) electrons. The Hall–Kier alpha value is -3.61. The first kappa shape index (κ1) is 26.0. The molecule has 0 spiro atoms. The van der Waals surface area contributed by atoms with E-state index < -0.39 is 18.0 Å². The van der Waals surface area contributed by atoms with E-state index in [1.807, 2.05) is 13.8 Å². The van der Waals surface area contributed by atoms with Gasteiger partial charge in [-0.3, -0.25) is 9.36 Å². The van der Waals surface area contributed by atoms with Crippen molar-refractivity contribution >= 4 is 28.7 Å². The van der Waals surface area contributed by atoms with Crippen LogP contribution in [0, 0.1) is 13.8 Å². The number of hydrogen-bond acceptors (Lipinski definition) is 10. The summed E-state index contributed by atoms with van der Waals surface area (Å²) in [7, 11) is 0. The minimum Gasteiger partial charge on any atom is -0.358 e. The van der Waals surface area contributed by atoms with Gasteiger partial charge in [-0.1, -0.05) is 6.92 Å². The molecule has 0 bridgehead atoms. The number of anilines is 1. The van der Waals surface area contributed by atoms with Crippen LogP contribution in [0.25, 0.3) is 22.6 Å². The number of hydrogen-bond donors (Lipinski definition) is 1. The molecule has 4 heterocycles. The van der Waals surface area contributed by atoms with Gasteiger partial charge in [0.1, 0.15) is 17.7 Å². The summed E-state index contributed by atoms with van der Waals surface area (Å²) in [4.78, 5) is 45.5. The summed E-state index contributed by atoms with van der Waals surface area (Å²) in [6, 6.07) is -1.45. The first-order valence-electron chi connectivity index (χ1n) is 12.4. The molecule has 10 nitrogen and oxygen atoms in total. The Balaban J connectivity index is 1.61. The molecule has 4 aromatic rings. The quantitative estimate of drug-likeness (QED) is 0.305. The molecule has 0 aromatic carbocycles. The number of nitrogens with zero attached hydrogens (tertiary/aromatic N) is 8. The largest absolute Gasteiger partial charge is 0.358 e. The number of rotatable bonds is 9. The van der Waals surface area contributed by atoms with E-state index in [1.54, 1.807) is 31.1 Å². The molecule has 1 aliphatic rings. The standard InChI is InChI=1S/C25H27F2N9OS/c1-5-38-16-8-28-17(29-9-16)10-30-23-25(37)36(14(4)21(26)27)24-19(34-23)13(3)33-22(35-24)18-12(2)31-11-32-20(18)15-6-7-15/h8-9,11,14-15,21H,5-7,10H2,1-4H3,(H,30,34)/t14-/m1/s1. The van der Waals surface area contributed by atoms with Crippen LogP contribution < -0.4 is 10.9 Å². The number of aromatic nitrogens is 8.